The number of rotatable bonds is 4. The number of carbonyl (C=O) groups excluding carboxylic acids is 2. The first-order chi connectivity index (χ1) is 11.0. The Morgan fingerprint density at radius 1 is 1.00 bits per heavy atom. The Labute approximate surface area is 143 Å². The molecule has 23 heavy (non-hydrogen) atoms. The lowest BCUT2D eigenvalue weighted by Crippen LogP contribution is -2.21. The summed E-state index contributed by atoms with van der Waals surface area (Å²) in [5.74, 6) is -0.255. The van der Waals surface area contributed by atoms with E-state index in [9.17, 15) is 9.59 Å². The maximum absolute atomic E-state index is 11.9. The van der Waals surface area contributed by atoms with Gasteiger partial charge in [0.25, 0.3) is 5.91 Å². The van der Waals surface area contributed by atoms with E-state index in [4.69, 9.17) is 0 Å². The van der Waals surface area contributed by atoms with E-state index in [-0.39, 0.29) is 11.8 Å². The Hall–Kier alpha value is -2.40. The van der Waals surface area contributed by atoms with Gasteiger partial charge in [0.2, 0.25) is 5.91 Å². The van der Waals surface area contributed by atoms with Crippen LogP contribution in [0.25, 0.3) is 6.08 Å². The third kappa shape index (κ3) is 5.07. The molecule has 0 radical (unpaired) electrons. The molecule has 118 valence electrons. The molecule has 0 bridgehead atoms. The molecule has 0 heterocycles. The predicted octanol–water partition coefficient (Wildman–Crippen LogP) is 3.80. The van der Waals surface area contributed by atoms with Crippen LogP contribution in [0.15, 0.2) is 59.1 Å². The van der Waals surface area contributed by atoms with E-state index in [0.717, 1.165) is 15.7 Å². The van der Waals surface area contributed by atoms with Crippen LogP contribution in [-0.2, 0) is 4.79 Å². The third-order valence-electron chi connectivity index (χ3n) is 3.10. The Kier molecular flexibility index (Phi) is 5.71. The summed E-state index contributed by atoms with van der Waals surface area (Å²) in [5, 5.41) is 2.78. The van der Waals surface area contributed by atoms with E-state index in [1.54, 1.807) is 44.4 Å². The fraction of sp³-hybridized carbons (Fsp3) is 0.111. The lowest BCUT2D eigenvalue weighted by atomic mass is 10.1. The van der Waals surface area contributed by atoms with Crippen LogP contribution < -0.4 is 5.32 Å². The minimum Gasteiger partial charge on any atom is -0.345 e. The summed E-state index contributed by atoms with van der Waals surface area (Å²) in [6.45, 7) is 0. The molecular weight excluding hydrogens is 356 g/mol. The van der Waals surface area contributed by atoms with Gasteiger partial charge in [0.05, 0.1) is 0 Å². The second-order valence-corrected chi connectivity index (χ2v) is 6.07. The van der Waals surface area contributed by atoms with Crippen molar-refractivity contribution in [2.75, 3.05) is 19.4 Å². The molecule has 2 aromatic carbocycles. The summed E-state index contributed by atoms with van der Waals surface area (Å²) >= 11 is 3.34. The van der Waals surface area contributed by atoms with Gasteiger partial charge in [-0.25, -0.2) is 0 Å². The van der Waals surface area contributed by atoms with Gasteiger partial charge in [0.1, 0.15) is 0 Å². The largest absolute Gasteiger partial charge is 0.345 e. The molecule has 0 fully saturated rings. The zero-order valence-corrected chi connectivity index (χ0v) is 14.5. The molecule has 4 nitrogen and oxygen atoms in total. The molecule has 0 spiro atoms. The highest BCUT2D eigenvalue weighted by atomic mass is 79.9. The van der Waals surface area contributed by atoms with Crippen LogP contribution in [0.4, 0.5) is 5.69 Å². The Bertz CT molecular complexity index is 720. The van der Waals surface area contributed by atoms with Crippen LogP contribution in [0.2, 0.25) is 0 Å². The molecule has 2 amide bonds. The molecule has 0 saturated heterocycles. The zero-order chi connectivity index (χ0) is 16.8. The van der Waals surface area contributed by atoms with Crippen LogP contribution in [-0.4, -0.2) is 30.8 Å². The van der Waals surface area contributed by atoms with Gasteiger partial charge in [-0.05, 0) is 48.0 Å². The predicted molar refractivity (Wildman–Crippen MR) is 96.3 cm³/mol. The van der Waals surface area contributed by atoms with Gasteiger partial charge < -0.3 is 10.2 Å². The molecule has 0 aromatic heterocycles. The average molecular weight is 373 g/mol. The fourth-order valence-electron chi connectivity index (χ4n) is 1.88. The van der Waals surface area contributed by atoms with Crippen molar-refractivity contribution in [2.24, 2.45) is 0 Å². The molecule has 0 aliphatic carbocycles. The molecule has 2 aromatic rings. The number of carbonyl (C=O) groups is 2. The summed E-state index contributed by atoms with van der Waals surface area (Å²) in [6, 6.07) is 14.5. The van der Waals surface area contributed by atoms with E-state index >= 15 is 0 Å². The normalized spacial score (nSPS) is 10.6. The number of hydrogen-bond acceptors (Lipinski definition) is 2. The smallest absolute Gasteiger partial charge is 0.253 e. The Morgan fingerprint density at radius 3 is 2.17 bits per heavy atom. The maximum Gasteiger partial charge on any atom is 0.253 e. The number of halogens is 1. The lowest BCUT2D eigenvalue weighted by Gasteiger charge is -2.09. The van der Waals surface area contributed by atoms with Crippen molar-refractivity contribution >= 4 is 39.5 Å². The highest BCUT2D eigenvalue weighted by Gasteiger charge is 2.06. The van der Waals surface area contributed by atoms with Gasteiger partial charge in [-0.15, -0.1) is 0 Å². The van der Waals surface area contributed by atoms with E-state index in [1.165, 1.54) is 11.0 Å². The molecule has 0 aliphatic heterocycles. The van der Waals surface area contributed by atoms with Crippen LogP contribution in [0, 0.1) is 0 Å². The van der Waals surface area contributed by atoms with Crippen molar-refractivity contribution in [2.45, 2.75) is 0 Å². The number of benzene rings is 2. The molecule has 5 heteroatoms. The first-order valence-corrected chi connectivity index (χ1v) is 7.81. The zero-order valence-electron chi connectivity index (χ0n) is 12.9. The van der Waals surface area contributed by atoms with E-state index < -0.39 is 0 Å². The molecule has 0 atom stereocenters. The quantitative estimate of drug-likeness (QED) is 0.829. The minimum atomic E-state index is -0.208. The monoisotopic (exact) mass is 372 g/mol. The highest BCUT2D eigenvalue weighted by molar-refractivity contribution is 9.10. The van der Waals surface area contributed by atoms with Crippen LogP contribution >= 0.6 is 15.9 Å². The van der Waals surface area contributed by atoms with Gasteiger partial charge in [0, 0.05) is 35.9 Å². The van der Waals surface area contributed by atoms with Crippen LogP contribution in [0.1, 0.15) is 15.9 Å². The number of amides is 2. The van der Waals surface area contributed by atoms with E-state index in [2.05, 4.69) is 21.2 Å². The third-order valence-corrected chi connectivity index (χ3v) is 3.63. The lowest BCUT2D eigenvalue weighted by molar-refractivity contribution is -0.111. The number of hydrogen-bond donors (Lipinski definition) is 1. The summed E-state index contributed by atoms with van der Waals surface area (Å²) in [5.41, 5.74) is 2.20. The van der Waals surface area contributed by atoms with Crippen molar-refractivity contribution in [3.8, 4) is 0 Å². The van der Waals surface area contributed by atoms with Gasteiger partial charge in [-0.1, -0.05) is 28.1 Å². The summed E-state index contributed by atoms with van der Waals surface area (Å²) in [6.07, 6.45) is 3.17. The molecule has 2 rings (SSSR count). The SMILES string of the molecule is CN(C)C(=O)c1ccc(/C=C/C(=O)Nc2ccc(Br)cc2)cc1. The van der Waals surface area contributed by atoms with Gasteiger partial charge in [-0.3, -0.25) is 9.59 Å². The maximum atomic E-state index is 11.9. The van der Waals surface area contributed by atoms with Crippen molar-refractivity contribution in [1.82, 2.24) is 4.90 Å². The first-order valence-electron chi connectivity index (χ1n) is 7.02. The molecule has 1 N–H and O–H groups in total. The van der Waals surface area contributed by atoms with Crippen molar-refractivity contribution in [3.05, 3.63) is 70.2 Å². The number of anilines is 1. The summed E-state index contributed by atoms with van der Waals surface area (Å²) in [4.78, 5) is 25.2. The topological polar surface area (TPSA) is 49.4 Å². The van der Waals surface area contributed by atoms with Crippen molar-refractivity contribution in [1.29, 1.82) is 0 Å². The van der Waals surface area contributed by atoms with Gasteiger partial charge in [-0.2, -0.15) is 0 Å². The van der Waals surface area contributed by atoms with Crippen molar-refractivity contribution in [3.63, 3.8) is 0 Å². The second-order valence-electron chi connectivity index (χ2n) is 5.15. The molecular formula is C18H17BrN2O2. The van der Waals surface area contributed by atoms with Crippen molar-refractivity contribution < 1.29 is 9.59 Å². The molecule has 0 aliphatic rings. The fourth-order valence-corrected chi connectivity index (χ4v) is 2.15. The highest BCUT2D eigenvalue weighted by Crippen LogP contribution is 2.14. The minimum absolute atomic E-state index is 0.0477. The standard InChI is InChI=1S/C18H17BrN2O2/c1-21(2)18(23)14-6-3-13(4-7-14)5-12-17(22)20-16-10-8-15(19)9-11-16/h3-12H,1-2H3,(H,20,22)/b12-5+. The second kappa shape index (κ2) is 7.74. The Balaban J connectivity index is 1.98. The number of nitrogens with one attached hydrogen (secondary N) is 1. The molecule has 0 saturated carbocycles. The Morgan fingerprint density at radius 2 is 1.61 bits per heavy atom. The van der Waals surface area contributed by atoms with Gasteiger partial charge in [0.15, 0.2) is 0 Å². The average Bonchev–Trinajstić information content (AvgIpc) is 2.55. The van der Waals surface area contributed by atoms with Crippen LogP contribution in [0.3, 0.4) is 0 Å². The van der Waals surface area contributed by atoms with E-state index in [0.29, 0.717) is 5.56 Å². The van der Waals surface area contributed by atoms with Gasteiger partial charge >= 0.3 is 0 Å². The summed E-state index contributed by atoms with van der Waals surface area (Å²) < 4.78 is 0.957. The summed E-state index contributed by atoms with van der Waals surface area (Å²) in [7, 11) is 3.42. The van der Waals surface area contributed by atoms with E-state index in [1.807, 2.05) is 24.3 Å². The van der Waals surface area contributed by atoms with Crippen LogP contribution in [0.5, 0.6) is 0 Å². The molecule has 0 unspecified atom stereocenters. The first kappa shape index (κ1) is 17.0. The number of nitrogens with zero attached hydrogens (tertiary/aromatic N) is 1.